The fourth-order valence-electron chi connectivity index (χ4n) is 1.99. The molecule has 0 amide bonds. The molecule has 0 aliphatic carbocycles. The van der Waals surface area contributed by atoms with E-state index in [4.69, 9.17) is 9.84 Å². The minimum Gasteiger partial charge on any atom is -0.478 e. The second-order valence-electron chi connectivity index (χ2n) is 4.69. The first-order valence-corrected chi connectivity index (χ1v) is 6.68. The van der Waals surface area contributed by atoms with E-state index in [1.807, 2.05) is 6.07 Å². The van der Waals surface area contributed by atoms with Crippen LogP contribution in [0.3, 0.4) is 0 Å². The van der Waals surface area contributed by atoms with Crippen LogP contribution in [-0.2, 0) is 25.5 Å². The molecule has 0 atom stereocenters. The summed E-state index contributed by atoms with van der Waals surface area (Å²) in [6.45, 7) is 0.0747. The van der Waals surface area contributed by atoms with Crippen LogP contribution in [0.1, 0.15) is 18.4 Å². The Labute approximate surface area is 128 Å². The highest BCUT2D eigenvalue weighted by molar-refractivity contribution is 6.02. The van der Waals surface area contributed by atoms with E-state index in [0.717, 1.165) is 5.56 Å². The largest absolute Gasteiger partial charge is 0.478 e. The van der Waals surface area contributed by atoms with Gasteiger partial charge in [0.1, 0.15) is 5.78 Å². The van der Waals surface area contributed by atoms with E-state index in [-0.39, 0.29) is 36.4 Å². The molecule has 1 aromatic rings. The topological polar surface area (TPSA) is 101 Å². The number of Topliss-reactive ketones (excluding diaryl/α,β-unsaturated/α-hetero) is 1. The summed E-state index contributed by atoms with van der Waals surface area (Å²) in [7, 11) is 1.39. The van der Waals surface area contributed by atoms with Crippen LogP contribution in [0.5, 0.6) is 0 Å². The van der Waals surface area contributed by atoms with Crippen molar-refractivity contribution in [3.63, 3.8) is 0 Å². The molecule has 22 heavy (non-hydrogen) atoms. The number of rotatable bonds is 9. The summed E-state index contributed by atoms with van der Waals surface area (Å²) in [5.41, 5.74) is 0.0762. The molecule has 1 rings (SSSR count). The number of aliphatic carboxylic acids is 2. The van der Waals surface area contributed by atoms with Gasteiger partial charge in [0.2, 0.25) is 0 Å². The summed E-state index contributed by atoms with van der Waals surface area (Å²) >= 11 is 0. The Morgan fingerprint density at radius 2 is 1.59 bits per heavy atom. The molecule has 0 radical (unpaired) electrons. The van der Waals surface area contributed by atoms with Gasteiger partial charge >= 0.3 is 11.9 Å². The second-order valence-corrected chi connectivity index (χ2v) is 4.69. The van der Waals surface area contributed by atoms with Crippen molar-refractivity contribution in [3.05, 3.63) is 47.0 Å². The van der Waals surface area contributed by atoms with Gasteiger partial charge < -0.3 is 14.9 Å². The van der Waals surface area contributed by atoms with Crippen molar-refractivity contribution in [2.75, 3.05) is 13.7 Å². The van der Waals surface area contributed by atoms with Crippen molar-refractivity contribution >= 4 is 17.7 Å². The van der Waals surface area contributed by atoms with Crippen molar-refractivity contribution in [2.24, 2.45) is 0 Å². The van der Waals surface area contributed by atoms with Crippen molar-refractivity contribution < 1.29 is 29.3 Å². The maximum absolute atomic E-state index is 12.0. The van der Waals surface area contributed by atoms with Crippen LogP contribution in [0.4, 0.5) is 0 Å². The smallest absolute Gasteiger partial charge is 0.332 e. The first-order valence-electron chi connectivity index (χ1n) is 6.68. The molecule has 0 heterocycles. The Bertz CT molecular complexity index is 574. The molecule has 118 valence electrons. The molecule has 0 unspecified atom stereocenters. The quantitative estimate of drug-likeness (QED) is 0.673. The normalized spacial score (nSPS) is 11.7. The third kappa shape index (κ3) is 5.49. The Hall–Kier alpha value is -2.47. The molecule has 2 N–H and O–H groups in total. The lowest BCUT2D eigenvalue weighted by Gasteiger charge is -2.08. The predicted octanol–water partition coefficient (Wildman–Crippen LogP) is 1.69. The maximum Gasteiger partial charge on any atom is 0.332 e. The van der Waals surface area contributed by atoms with Gasteiger partial charge in [0.05, 0.1) is 17.8 Å². The van der Waals surface area contributed by atoms with Gasteiger partial charge in [-0.1, -0.05) is 30.3 Å². The van der Waals surface area contributed by atoms with Crippen molar-refractivity contribution in [1.82, 2.24) is 0 Å². The Kier molecular flexibility index (Phi) is 6.98. The number of carbonyl (C=O) groups is 3. The standard InChI is InChI=1S/C16H18O6/c1-22-8-7-13(15(18)19)14(16(20)21)10-12(17)9-11-5-3-2-4-6-11/h2-6H,7-10H2,1H3,(H,18,19)(H,20,21). The third-order valence-corrected chi connectivity index (χ3v) is 3.05. The molecule has 0 aliphatic heterocycles. The summed E-state index contributed by atoms with van der Waals surface area (Å²) in [6, 6.07) is 8.87. The monoisotopic (exact) mass is 306 g/mol. The van der Waals surface area contributed by atoms with Gasteiger partial charge in [0, 0.05) is 26.4 Å². The first-order chi connectivity index (χ1) is 10.5. The minimum atomic E-state index is -1.39. The van der Waals surface area contributed by atoms with Gasteiger partial charge in [0.25, 0.3) is 0 Å². The number of carboxylic acids is 2. The number of methoxy groups -OCH3 is 1. The van der Waals surface area contributed by atoms with E-state index in [1.165, 1.54) is 7.11 Å². The fourth-order valence-corrected chi connectivity index (χ4v) is 1.99. The highest BCUT2D eigenvalue weighted by Gasteiger charge is 2.22. The van der Waals surface area contributed by atoms with Crippen LogP contribution in [0.15, 0.2) is 41.5 Å². The number of hydrogen-bond donors (Lipinski definition) is 2. The maximum atomic E-state index is 12.0. The summed E-state index contributed by atoms with van der Waals surface area (Å²) < 4.78 is 4.78. The number of ether oxygens (including phenoxy) is 1. The average Bonchev–Trinajstić information content (AvgIpc) is 2.47. The van der Waals surface area contributed by atoms with E-state index in [1.54, 1.807) is 24.3 Å². The molecule has 0 fully saturated rings. The molecular formula is C16H18O6. The van der Waals surface area contributed by atoms with E-state index >= 15 is 0 Å². The van der Waals surface area contributed by atoms with Gasteiger partial charge in [-0.15, -0.1) is 0 Å². The number of carbonyl (C=O) groups excluding carboxylic acids is 1. The molecule has 6 nitrogen and oxygen atoms in total. The SMILES string of the molecule is COCCC(C(=O)O)=C(CC(=O)Cc1ccccc1)C(=O)O. The Morgan fingerprint density at radius 3 is 2.09 bits per heavy atom. The molecule has 0 aromatic heterocycles. The number of benzene rings is 1. The van der Waals surface area contributed by atoms with Crippen LogP contribution < -0.4 is 0 Å². The molecule has 0 spiro atoms. The van der Waals surface area contributed by atoms with Gasteiger partial charge in [-0.3, -0.25) is 4.79 Å². The van der Waals surface area contributed by atoms with Crippen LogP contribution in [0.2, 0.25) is 0 Å². The molecule has 0 bridgehead atoms. The fraction of sp³-hybridized carbons (Fsp3) is 0.312. The molecular weight excluding hydrogens is 288 g/mol. The zero-order valence-electron chi connectivity index (χ0n) is 12.2. The van der Waals surface area contributed by atoms with Crippen LogP contribution in [-0.4, -0.2) is 41.7 Å². The van der Waals surface area contributed by atoms with Gasteiger partial charge in [0.15, 0.2) is 0 Å². The second kappa shape index (κ2) is 8.74. The molecule has 0 aliphatic rings. The number of carboxylic acid groups (broad SMARTS) is 2. The molecule has 6 heteroatoms. The summed E-state index contributed by atoms with van der Waals surface area (Å²) in [4.78, 5) is 34.5. The number of ketones is 1. The van der Waals surface area contributed by atoms with E-state index in [2.05, 4.69) is 0 Å². The zero-order valence-corrected chi connectivity index (χ0v) is 12.2. The summed E-state index contributed by atoms with van der Waals surface area (Å²) in [5.74, 6) is -3.09. The molecule has 1 aromatic carbocycles. The zero-order chi connectivity index (χ0) is 16.5. The lowest BCUT2D eigenvalue weighted by molar-refractivity contribution is -0.136. The number of hydrogen-bond acceptors (Lipinski definition) is 4. The summed E-state index contributed by atoms with van der Waals surface area (Å²) in [6.07, 6.45) is -0.420. The van der Waals surface area contributed by atoms with E-state index in [9.17, 15) is 19.5 Å². The highest BCUT2D eigenvalue weighted by atomic mass is 16.5. The first kappa shape index (κ1) is 17.6. The van der Waals surface area contributed by atoms with Gasteiger partial charge in [-0.2, -0.15) is 0 Å². The van der Waals surface area contributed by atoms with Crippen LogP contribution in [0.25, 0.3) is 0 Å². The average molecular weight is 306 g/mol. The van der Waals surface area contributed by atoms with Crippen LogP contribution >= 0.6 is 0 Å². The van der Waals surface area contributed by atoms with Crippen LogP contribution in [0, 0.1) is 0 Å². The van der Waals surface area contributed by atoms with Crippen molar-refractivity contribution in [1.29, 1.82) is 0 Å². The highest BCUT2D eigenvalue weighted by Crippen LogP contribution is 2.16. The molecule has 0 saturated carbocycles. The third-order valence-electron chi connectivity index (χ3n) is 3.05. The lowest BCUT2D eigenvalue weighted by Crippen LogP contribution is -2.17. The van der Waals surface area contributed by atoms with Crippen molar-refractivity contribution in [3.8, 4) is 0 Å². The Morgan fingerprint density at radius 1 is 1.00 bits per heavy atom. The van der Waals surface area contributed by atoms with E-state index < -0.39 is 18.4 Å². The van der Waals surface area contributed by atoms with Gasteiger partial charge in [-0.05, 0) is 5.56 Å². The minimum absolute atomic E-state index is 0.0634. The van der Waals surface area contributed by atoms with Crippen molar-refractivity contribution in [2.45, 2.75) is 19.3 Å². The predicted molar refractivity (Wildman–Crippen MR) is 78.6 cm³/mol. The molecule has 0 saturated heterocycles. The van der Waals surface area contributed by atoms with E-state index in [0.29, 0.717) is 0 Å². The summed E-state index contributed by atoms with van der Waals surface area (Å²) in [5, 5.41) is 18.3. The lowest BCUT2D eigenvalue weighted by atomic mass is 9.97. The van der Waals surface area contributed by atoms with Gasteiger partial charge in [-0.25, -0.2) is 9.59 Å². The Balaban J connectivity index is 2.92.